The number of aromatic nitrogens is 3. The first-order valence-corrected chi connectivity index (χ1v) is 14.4. The van der Waals surface area contributed by atoms with Gasteiger partial charge < -0.3 is 5.32 Å². The molecule has 1 N–H and O–H groups in total. The maximum atomic E-state index is 13.1. The predicted molar refractivity (Wildman–Crippen MR) is 147 cm³/mol. The molecule has 0 saturated heterocycles. The molecule has 192 valence electrons. The summed E-state index contributed by atoms with van der Waals surface area (Å²) >= 11 is 1.26. The number of sulfonamides is 1. The van der Waals surface area contributed by atoms with Crippen molar-refractivity contribution < 1.29 is 13.2 Å². The number of hydrogen-bond acceptors (Lipinski definition) is 6. The molecule has 0 aliphatic heterocycles. The van der Waals surface area contributed by atoms with E-state index in [1.165, 1.54) is 16.1 Å². The molecule has 3 aromatic carbocycles. The van der Waals surface area contributed by atoms with Gasteiger partial charge in [-0.25, -0.2) is 8.42 Å². The number of amides is 1. The van der Waals surface area contributed by atoms with Crippen molar-refractivity contribution in [2.45, 2.75) is 30.8 Å². The van der Waals surface area contributed by atoms with Crippen molar-refractivity contribution in [3.8, 4) is 17.1 Å². The molecule has 0 saturated carbocycles. The minimum absolute atomic E-state index is 0.134. The summed E-state index contributed by atoms with van der Waals surface area (Å²) < 4.78 is 29.5. The van der Waals surface area contributed by atoms with Crippen molar-refractivity contribution in [3.05, 3.63) is 84.4 Å². The van der Waals surface area contributed by atoms with Gasteiger partial charge in [0.15, 0.2) is 11.0 Å². The standard InChI is InChI=1S/C27H29N5O3S2/c1-4-31(5-2)37(34,35)24-16-10-12-21(18-24)26-29-30-27(32(26)23-14-7-6-8-15-23)36-19-25(33)28-22-13-9-11-20(3)17-22/h6-18H,4-5,19H2,1-3H3,(H,28,33). The molecule has 0 fully saturated rings. The summed E-state index contributed by atoms with van der Waals surface area (Å²) in [4.78, 5) is 12.8. The molecule has 0 aliphatic carbocycles. The molecule has 4 aromatic rings. The highest BCUT2D eigenvalue weighted by Gasteiger charge is 2.24. The Morgan fingerprint density at radius 3 is 2.38 bits per heavy atom. The highest BCUT2D eigenvalue weighted by molar-refractivity contribution is 7.99. The number of benzene rings is 3. The van der Waals surface area contributed by atoms with Gasteiger partial charge in [0.1, 0.15) is 0 Å². The molecule has 37 heavy (non-hydrogen) atoms. The fourth-order valence-electron chi connectivity index (χ4n) is 3.92. The van der Waals surface area contributed by atoms with Crippen LogP contribution in [-0.4, -0.2) is 52.2 Å². The highest BCUT2D eigenvalue weighted by Crippen LogP contribution is 2.30. The monoisotopic (exact) mass is 535 g/mol. The summed E-state index contributed by atoms with van der Waals surface area (Å²) in [5, 5.41) is 12.2. The molecule has 0 spiro atoms. The van der Waals surface area contributed by atoms with Crippen LogP contribution in [0.2, 0.25) is 0 Å². The average molecular weight is 536 g/mol. The Morgan fingerprint density at radius 1 is 0.946 bits per heavy atom. The van der Waals surface area contributed by atoms with E-state index in [9.17, 15) is 13.2 Å². The van der Waals surface area contributed by atoms with Gasteiger partial charge in [0.25, 0.3) is 0 Å². The molecule has 1 amide bonds. The molecule has 8 nitrogen and oxygen atoms in total. The van der Waals surface area contributed by atoms with Crippen molar-refractivity contribution in [3.63, 3.8) is 0 Å². The van der Waals surface area contributed by atoms with E-state index < -0.39 is 10.0 Å². The third kappa shape index (κ3) is 6.10. The van der Waals surface area contributed by atoms with Crippen molar-refractivity contribution in [2.75, 3.05) is 24.2 Å². The van der Waals surface area contributed by atoms with Gasteiger partial charge in [-0.15, -0.1) is 10.2 Å². The van der Waals surface area contributed by atoms with E-state index >= 15 is 0 Å². The largest absolute Gasteiger partial charge is 0.325 e. The van der Waals surface area contributed by atoms with Crippen LogP contribution in [0.5, 0.6) is 0 Å². The van der Waals surface area contributed by atoms with E-state index in [1.54, 1.807) is 18.2 Å². The Morgan fingerprint density at radius 2 is 1.68 bits per heavy atom. The van der Waals surface area contributed by atoms with Crippen LogP contribution in [0, 0.1) is 6.92 Å². The van der Waals surface area contributed by atoms with Crippen LogP contribution < -0.4 is 5.32 Å². The molecule has 0 radical (unpaired) electrons. The number of nitrogens with one attached hydrogen (secondary N) is 1. The van der Waals surface area contributed by atoms with Gasteiger partial charge in [-0.05, 0) is 48.9 Å². The van der Waals surface area contributed by atoms with Crippen LogP contribution in [0.4, 0.5) is 5.69 Å². The summed E-state index contributed by atoms with van der Waals surface area (Å²) in [5.74, 6) is 0.464. The van der Waals surface area contributed by atoms with Crippen molar-refractivity contribution >= 4 is 33.4 Å². The number of carbonyl (C=O) groups excluding carboxylic acids is 1. The molecular formula is C27H29N5O3S2. The smallest absolute Gasteiger partial charge is 0.243 e. The van der Waals surface area contributed by atoms with Gasteiger partial charge in [0, 0.05) is 30.0 Å². The predicted octanol–water partition coefficient (Wildman–Crippen LogP) is 5.00. The fraction of sp³-hybridized carbons (Fsp3) is 0.222. The Balaban J connectivity index is 1.66. The Bertz CT molecular complexity index is 1480. The van der Waals surface area contributed by atoms with Gasteiger partial charge in [0.2, 0.25) is 15.9 Å². The summed E-state index contributed by atoms with van der Waals surface area (Å²) in [6.07, 6.45) is 0. The van der Waals surface area contributed by atoms with Gasteiger partial charge >= 0.3 is 0 Å². The van der Waals surface area contributed by atoms with Crippen LogP contribution in [0.25, 0.3) is 17.1 Å². The average Bonchev–Trinajstić information content (AvgIpc) is 3.33. The zero-order valence-corrected chi connectivity index (χ0v) is 22.6. The van der Waals surface area contributed by atoms with Gasteiger partial charge in [-0.3, -0.25) is 9.36 Å². The number of thioether (sulfide) groups is 1. The maximum absolute atomic E-state index is 13.1. The van der Waals surface area contributed by atoms with Gasteiger partial charge in [-0.2, -0.15) is 4.31 Å². The SMILES string of the molecule is CCN(CC)S(=O)(=O)c1cccc(-c2nnc(SCC(=O)Nc3cccc(C)c3)n2-c2ccccc2)c1. The Labute approximate surface area is 221 Å². The van der Waals surface area contributed by atoms with Crippen molar-refractivity contribution in [1.29, 1.82) is 0 Å². The van der Waals surface area contributed by atoms with Crippen LogP contribution in [0.15, 0.2) is 88.9 Å². The Hall–Kier alpha value is -3.47. The van der Waals surface area contributed by atoms with Crippen LogP contribution >= 0.6 is 11.8 Å². The summed E-state index contributed by atoms with van der Waals surface area (Å²) in [5.41, 5.74) is 3.22. The molecule has 10 heteroatoms. The Kier molecular flexibility index (Phi) is 8.42. The number of hydrogen-bond donors (Lipinski definition) is 1. The second-order valence-corrected chi connectivity index (χ2v) is 11.2. The quantitative estimate of drug-likeness (QED) is 0.287. The third-order valence-electron chi connectivity index (χ3n) is 5.72. The molecule has 0 bridgehead atoms. The molecule has 0 atom stereocenters. The second kappa shape index (κ2) is 11.7. The molecule has 1 heterocycles. The van der Waals surface area contributed by atoms with Gasteiger partial charge in [0.05, 0.1) is 10.6 Å². The first kappa shape index (κ1) is 26.6. The zero-order chi connectivity index (χ0) is 26.4. The van der Waals surface area contributed by atoms with E-state index in [0.717, 1.165) is 16.9 Å². The highest BCUT2D eigenvalue weighted by atomic mass is 32.2. The molecule has 0 aliphatic rings. The van der Waals surface area contributed by atoms with Crippen LogP contribution in [0.3, 0.4) is 0 Å². The minimum atomic E-state index is -3.64. The maximum Gasteiger partial charge on any atom is 0.243 e. The molecule has 1 aromatic heterocycles. The number of aryl methyl sites for hydroxylation is 1. The zero-order valence-electron chi connectivity index (χ0n) is 21.0. The first-order valence-electron chi connectivity index (χ1n) is 11.9. The topological polar surface area (TPSA) is 97.2 Å². The lowest BCUT2D eigenvalue weighted by molar-refractivity contribution is -0.113. The fourth-order valence-corrected chi connectivity index (χ4v) is 6.17. The van der Waals surface area contributed by atoms with E-state index in [4.69, 9.17) is 0 Å². The second-order valence-electron chi connectivity index (χ2n) is 8.30. The minimum Gasteiger partial charge on any atom is -0.325 e. The number of rotatable bonds is 10. The molecule has 0 unspecified atom stereocenters. The lowest BCUT2D eigenvalue weighted by Gasteiger charge is -2.19. The van der Waals surface area contributed by atoms with E-state index in [1.807, 2.05) is 86.0 Å². The summed E-state index contributed by atoms with van der Waals surface area (Å²) in [7, 11) is -3.64. The molecular weight excluding hydrogens is 506 g/mol. The number of anilines is 1. The molecule has 4 rings (SSSR count). The lowest BCUT2D eigenvalue weighted by atomic mass is 10.2. The number of para-hydroxylation sites is 1. The van der Waals surface area contributed by atoms with Crippen molar-refractivity contribution in [2.24, 2.45) is 0 Å². The van der Waals surface area contributed by atoms with Crippen LogP contribution in [-0.2, 0) is 14.8 Å². The lowest BCUT2D eigenvalue weighted by Crippen LogP contribution is -2.30. The third-order valence-corrected chi connectivity index (χ3v) is 8.69. The number of nitrogens with zero attached hydrogens (tertiary/aromatic N) is 4. The summed E-state index contributed by atoms with van der Waals surface area (Å²) in [6, 6.07) is 23.9. The first-order chi connectivity index (χ1) is 17.8. The van der Waals surface area contributed by atoms with E-state index in [0.29, 0.717) is 29.6 Å². The van der Waals surface area contributed by atoms with Gasteiger partial charge in [-0.1, -0.05) is 68.1 Å². The number of carbonyl (C=O) groups is 1. The van der Waals surface area contributed by atoms with Crippen molar-refractivity contribution in [1.82, 2.24) is 19.1 Å². The van der Waals surface area contributed by atoms with E-state index in [2.05, 4.69) is 15.5 Å². The normalized spacial score (nSPS) is 11.6. The summed E-state index contributed by atoms with van der Waals surface area (Å²) in [6.45, 7) is 6.37. The van der Waals surface area contributed by atoms with E-state index in [-0.39, 0.29) is 16.6 Å². The van der Waals surface area contributed by atoms with Crippen LogP contribution in [0.1, 0.15) is 19.4 Å².